The van der Waals surface area contributed by atoms with Crippen molar-refractivity contribution in [2.24, 2.45) is 5.92 Å². The van der Waals surface area contributed by atoms with Crippen molar-refractivity contribution in [3.63, 3.8) is 0 Å². The second kappa shape index (κ2) is 8.36. The molecule has 22 heavy (non-hydrogen) atoms. The van der Waals surface area contributed by atoms with E-state index in [1.165, 1.54) is 0 Å². The Labute approximate surface area is 134 Å². The third kappa shape index (κ3) is 7.64. The molecule has 1 rings (SSSR count). The first-order chi connectivity index (χ1) is 10.2. The largest absolute Gasteiger partial charge is 0.444 e. The van der Waals surface area contributed by atoms with Gasteiger partial charge >= 0.3 is 6.09 Å². The highest BCUT2D eigenvalue weighted by molar-refractivity contribution is 5.76. The first kappa shape index (κ1) is 18.7. The van der Waals surface area contributed by atoms with E-state index >= 15 is 0 Å². The van der Waals surface area contributed by atoms with Gasteiger partial charge in [-0.15, -0.1) is 0 Å². The highest BCUT2D eigenvalue weighted by Crippen LogP contribution is 2.11. The maximum atomic E-state index is 12.0. The quantitative estimate of drug-likeness (QED) is 0.839. The number of hydrogen-bond acceptors (Lipinski definition) is 4. The van der Waals surface area contributed by atoms with Gasteiger partial charge in [-0.1, -0.05) is 13.8 Å². The second-order valence-corrected chi connectivity index (χ2v) is 7.26. The number of hydrogen-bond donors (Lipinski definition) is 1. The monoisotopic (exact) mass is 313 g/mol. The molecule has 2 amide bonds. The molecule has 0 aliphatic carbocycles. The van der Waals surface area contributed by atoms with Crippen LogP contribution in [0.15, 0.2) is 0 Å². The van der Waals surface area contributed by atoms with Crippen LogP contribution in [0.4, 0.5) is 4.79 Å². The van der Waals surface area contributed by atoms with Crippen LogP contribution in [0.25, 0.3) is 0 Å². The van der Waals surface area contributed by atoms with Gasteiger partial charge in [0.2, 0.25) is 5.91 Å². The van der Waals surface area contributed by atoms with E-state index in [-0.39, 0.29) is 12.0 Å². The van der Waals surface area contributed by atoms with Crippen LogP contribution >= 0.6 is 0 Å². The molecule has 0 bridgehead atoms. The van der Waals surface area contributed by atoms with Gasteiger partial charge in [0.25, 0.3) is 0 Å². The number of carbonyl (C=O) groups is 2. The standard InChI is InChI=1S/C16H31N3O3/c1-13(2)12-14(20)17-6-7-18-8-10-19(11-9-18)15(21)22-16(3,4)5/h13H,6-12H2,1-5H3,(H,17,20). The lowest BCUT2D eigenvalue weighted by Gasteiger charge is -2.35. The van der Waals surface area contributed by atoms with Crippen LogP contribution in [0.5, 0.6) is 0 Å². The SMILES string of the molecule is CC(C)CC(=O)NCCN1CCN(C(=O)OC(C)(C)C)CC1. The number of rotatable bonds is 5. The van der Waals surface area contributed by atoms with E-state index in [9.17, 15) is 9.59 Å². The number of ether oxygens (including phenoxy) is 1. The van der Waals surface area contributed by atoms with Gasteiger partial charge in [-0.2, -0.15) is 0 Å². The Balaban J connectivity index is 2.20. The minimum absolute atomic E-state index is 0.113. The van der Waals surface area contributed by atoms with Gasteiger partial charge in [0.05, 0.1) is 0 Å². The summed E-state index contributed by atoms with van der Waals surface area (Å²) in [6, 6.07) is 0. The van der Waals surface area contributed by atoms with Gasteiger partial charge < -0.3 is 15.0 Å². The van der Waals surface area contributed by atoms with Gasteiger partial charge in [0.15, 0.2) is 0 Å². The lowest BCUT2D eigenvalue weighted by atomic mass is 10.1. The number of carbonyl (C=O) groups excluding carboxylic acids is 2. The van der Waals surface area contributed by atoms with Crippen LogP contribution in [-0.2, 0) is 9.53 Å². The zero-order chi connectivity index (χ0) is 16.8. The predicted molar refractivity (Wildman–Crippen MR) is 86.7 cm³/mol. The van der Waals surface area contributed by atoms with Crippen LogP contribution < -0.4 is 5.32 Å². The van der Waals surface area contributed by atoms with E-state index in [1.807, 2.05) is 34.6 Å². The zero-order valence-electron chi connectivity index (χ0n) is 14.6. The van der Waals surface area contributed by atoms with Crippen LogP contribution in [-0.4, -0.2) is 66.7 Å². The molecule has 0 aromatic carbocycles. The minimum Gasteiger partial charge on any atom is -0.444 e. The average Bonchev–Trinajstić information content (AvgIpc) is 2.36. The summed E-state index contributed by atoms with van der Waals surface area (Å²) in [5.74, 6) is 0.500. The molecule has 0 saturated carbocycles. The van der Waals surface area contributed by atoms with Crippen molar-refractivity contribution in [1.29, 1.82) is 0 Å². The summed E-state index contributed by atoms with van der Waals surface area (Å²) in [5, 5.41) is 2.94. The molecule has 0 atom stereocenters. The fraction of sp³-hybridized carbons (Fsp3) is 0.875. The van der Waals surface area contributed by atoms with Crippen molar-refractivity contribution in [3.8, 4) is 0 Å². The fourth-order valence-electron chi connectivity index (χ4n) is 2.28. The molecule has 1 fully saturated rings. The summed E-state index contributed by atoms with van der Waals surface area (Å²) in [6.07, 6.45) is 0.337. The Bertz CT molecular complexity index is 369. The van der Waals surface area contributed by atoms with Crippen LogP contribution in [0, 0.1) is 5.92 Å². The molecular formula is C16H31N3O3. The van der Waals surface area contributed by atoms with Crippen LogP contribution in [0.3, 0.4) is 0 Å². The summed E-state index contributed by atoms with van der Waals surface area (Å²) < 4.78 is 5.37. The normalized spacial score (nSPS) is 16.7. The van der Waals surface area contributed by atoms with Gasteiger partial charge in [0, 0.05) is 45.7 Å². The van der Waals surface area contributed by atoms with Crippen LogP contribution in [0.2, 0.25) is 0 Å². The van der Waals surface area contributed by atoms with E-state index in [1.54, 1.807) is 4.90 Å². The van der Waals surface area contributed by atoms with E-state index in [0.29, 0.717) is 32.0 Å². The summed E-state index contributed by atoms with van der Waals surface area (Å²) >= 11 is 0. The maximum Gasteiger partial charge on any atom is 0.410 e. The third-order valence-corrected chi connectivity index (χ3v) is 3.37. The summed E-state index contributed by atoms with van der Waals surface area (Å²) in [5.41, 5.74) is -0.449. The smallest absolute Gasteiger partial charge is 0.410 e. The number of piperazine rings is 1. The molecule has 0 spiro atoms. The molecular weight excluding hydrogens is 282 g/mol. The molecule has 1 aliphatic rings. The van der Waals surface area contributed by atoms with E-state index in [2.05, 4.69) is 10.2 Å². The number of amides is 2. The Kier molecular flexibility index (Phi) is 7.13. The molecule has 128 valence electrons. The molecule has 6 heteroatoms. The first-order valence-electron chi connectivity index (χ1n) is 8.14. The van der Waals surface area contributed by atoms with E-state index < -0.39 is 5.60 Å². The van der Waals surface area contributed by atoms with Crippen molar-refractivity contribution < 1.29 is 14.3 Å². The molecule has 6 nitrogen and oxygen atoms in total. The highest BCUT2D eigenvalue weighted by atomic mass is 16.6. The van der Waals surface area contributed by atoms with Crippen LogP contribution in [0.1, 0.15) is 41.0 Å². The fourth-order valence-corrected chi connectivity index (χ4v) is 2.28. The van der Waals surface area contributed by atoms with Gasteiger partial charge in [-0.05, 0) is 26.7 Å². The molecule has 0 radical (unpaired) electrons. The zero-order valence-corrected chi connectivity index (χ0v) is 14.6. The first-order valence-corrected chi connectivity index (χ1v) is 8.14. The van der Waals surface area contributed by atoms with Gasteiger partial charge in [-0.3, -0.25) is 9.69 Å². The van der Waals surface area contributed by atoms with Gasteiger partial charge in [0.1, 0.15) is 5.60 Å². The second-order valence-electron chi connectivity index (χ2n) is 7.26. The maximum absolute atomic E-state index is 12.0. The summed E-state index contributed by atoms with van der Waals surface area (Å²) in [4.78, 5) is 27.5. The van der Waals surface area contributed by atoms with Crippen molar-refractivity contribution in [1.82, 2.24) is 15.1 Å². The Morgan fingerprint density at radius 2 is 1.73 bits per heavy atom. The lowest BCUT2D eigenvalue weighted by molar-refractivity contribution is -0.121. The van der Waals surface area contributed by atoms with Gasteiger partial charge in [-0.25, -0.2) is 4.79 Å². The Hall–Kier alpha value is -1.30. The third-order valence-electron chi connectivity index (χ3n) is 3.37. The Morgan fingerprint density at radius 3 is 2.23 bits per heavy atom. The summed E-state index contributed by atoms with van der Waals surface area (Å²) in [6.45, 7) is 14.2. The predicted octanol–water partition coefficient (Wildman–Crippen LogP) is 1.70. The Morgan fingerprint density at radius 1 is 1.14 bits per heavy atom. The molecule has 1 N–H and O–H groups in total. The molecule has 1 aliphatic heterocycles. The van der Waals surface area contributed by atoms with Crippen molar-refractivity contribution in [2.45, 2.75) is 46.6 Å². The topological polar surface area (TPSA) is 61.9 Å². The van der Waals surface area contributed by atoms with E-state index in [0.717, 1.165) is 19.6 Å². The highest BCUT2D eigenvalue weighted by Gasteiger charge is 2.25. The van der Waals surface area contributed by atoms with Crippen molar-refractivity contribution in [2.75, 3.05) is 39.3 Å². The molecule has 0 aromatic heterocycles. The molecule has 0 aromatic rings. The minimum atomic E-state index is -0.449. The molecule has 1 heterocycles. The average molecular weight is 313 g/mol. The van der Waals surface area contributed by atoms with Crippen molar-refractivity contribution in [3.05, 3.63) is 0 Å². The number of nitrogens with one attached hydrogen (secondary N) is 1. The number of nitrogens with zero attached hydrogens (tertiary/aromatic N) is 2. The lowest BCUT2D eigenvalue weighted by Crippen LogP contribution is -2.51. The van der Waals surface area contributed by atoms with Crippen molar-refractivity contribution >= 4 is 12.0 Å². The molecule has 1 saturated heterocycles. The van der Waals surface area contributed by atoms with E-state index in [4.69, 9.17) is 4.74 Å². The summed E-state index contributed by atoms with van der Waals surface area (Å²) in [7, 11) is 0. The molecule has 0 unspecified atom stereocenters.